The molecule has 1 aromatic heterocycles. The van der Waals surface area contributed by atoms with Crippen molar-refractivity contribution in [2.45, 2.75) is 95.7 Å². The van der Waals surface area contributed by atoms with E-state index in [0.717, 1.165) is 0 Å². The zero-order chi connectivity index (χ0) is 24.5. The van der Waals surface area contributed by atoms with Crippen LogP contribution in [0.4, 0.5) is 4.39 Å². The molecule has 1 aliphatic rings. The second-order valence-electron chi connectivity index (χ2n) is 8.92. The number of hydrogen-bond acceptors (Lipinski definition) is 7. The number of aromatic amines is 1. The highest BCUT2D eigenvalue weighted by molar-refractivity contribution is 7.54. The van der Waals surface area contributed by atoms with Crippen LogP contribution < -0.4 is 5.56 Å². The second kappa shape index (κ2) is 10.0. The Bertz CT molecular complexity index is 906. The summed E-state index contributed by atoms with van der Waals surface area (Å²) in [6.07, 6.45) is -3.12. The summed E-state index contributed by atoms with van der Waals surface area (Å²) >= 11 is 0. The molecule has 0 aromatic carbocycles. The van der Waals surface area contributed by atoms with E-state index in [0.29, 0.717) is 12.8 Å². The Balaban J connectivity index is 2.34. The van der Waals surface area contributed by atoms with Gasteiger partial charge in [-0.1, -0.05) is 20.3 Å². The fourth-order valence-corrected chi connectivity index (χ4v) is 5.35. The van der Waals surface area contributed by atoms with Crippen LogP contribution in [0.15, 0.2) is 10.9 Å². The molecule has 4 unspecified atom stereocenters. The van der Waals surface area contributed by atoms with Gasteiger partial charge in [0.15, 0.2) is 11.3 Å². The predicted octanol–water partition coefficient (Wildman–Crippen LogP) is 2.91. The van der Waals surface area contributed by atoms with Gasteiger partial charge in [0, 0.05) is 24.7 Å². The van der Waals surface area contributed by atoms with E-state index in [4.69, 9.17) is 14.0 Å². The minimum atomic E-state index is -4.45. The summed E-state index contributed by atoms with van der Waals surface area (Å²) in [6.45, 7) is 7.81. The molecule has 0 amide bonds. The molecular formula is C21H35FNO8P. The van der Waals surface area contributed by atoms with Crippen molar-refractivity contribution in [3.8, 4) is 0 Å². The maximum atomic E-state index is 14.5. The number of aromatic nitrogens is 1. The van der Waals surface area contributed by atoms with Crippen LogP contribution in [0, 0.1) is 12.9 Å². The Labute approximate surface area is 187 Å². The molecule has 7 atom stereocenters. The van der Waals surface area contributed by atoms with Gasteiger partial charge in [-0.2, -0.15) is 4.39 Å². The van der Waals surface area contributed by atoms with Gasteiger partial charge >= 0.3 is 7.60 Å². The summed E-state index contributed by atoms with van der Waals surface area (Å²) in [5.74, 6) is -0.882. The summed E-state index contributed by atoms with van der Waals surface area (Å²) in [5, 5.41) is 19.2. The summed E-state index contributed by atoms with van der Waals surface area (Å²) in [5.41, 5.74) is -1.48. The first-order valence-corrected chi connectivity index (χ1v) is 12.3. The van der Waals surface area contributed by atoms with Crippen LogP contribution in [0.2, 0.25) is 0 Å². The Morgan fingerprint density at radius 1 is 1.34 bits per heavy atom. The summed E-state index contributed by atoms with van der Waals surface area (Å²) in [7, 11) is -3.10. The average molecular weight is 479 g/mol. The number of halogens is 1. The second-order valence-corrected chi connectivity index (χ2v) is 11.1. The third-order valence-corrected chi connectivity index (χ3v) is 8.38. The first-order chi connectivity index (χ1) is 14.7. The summed E-state index contributed by atoms with van der Waals surface area (Å²) in [4.78, 5) is 24.2. The van der Waals surface area contributed by atoms with Gasteiger partial charge < -0.3 is 29.1 Å². The number of ether oxygens (including phenoxy) is 2. The van der Waals surface area contributed by atoms with Gasteiger partial charge in [0.25, 0.3) is 5.56 Å². The highest BCUT2D eigenvalue weighted by Crippen LogP contribution is 2.59. The molecule has 0 radical (unpaired) electrons. The molecule has 0 spiro atoms. The predicted molar refractivity (Wildman–Crippen MR) is 116 cm³/mol. The molecule has 1 aliphatic heterocycles. The lowest BCUT2D eigenvalue weighted by molar-refractivity contribution is -0.0554. The lowest BCUT2D eigenvalue weighted by atomic mass is 9.90. The Kier molecular flexibility index (Phi) is 8.48. The molecule has 2 heterocycles. The third-order valence-electron chi connectivity index (χ3n) is 6.16. The van der Waals surface area contributed by atoms with Crippen molar-refractivity contribution in [1.29, 1.82) is 0 Å². The Morgan fingerprint density at radius 2 is 1.97 bits per heavy atom. The molecule has 32 heavy (non-hydrogen) atoms. The van der Waals surface area contributed by atoms with E-state index >= 15 is 0 Å². The zero-order valence-corrected chi connectivity index (χ0v) is 20.3. The molecule has 184 valence electrons. The minimum absolute atomic E-state index is 0.00416. The lowest BCUT2D eigenvalue weighted by Crippen LogP contribution is -2.40. The first kappa shape index (κ1) is 27.1. The van der Waals surface area contributed by atoms with E-state index in [9.17, 15) is 28.9 Å². The Morgan fingerprint density at radius 3 is 2.50 bits per heavy atom. The lowest BCUT2D eigenvalue weighted by Gasteiger charge is -2.38. The fourth-order valence-electron chi connectivity index (χ4n) is 3.99. The topological polar surface area (TPSA) is 138 Å². The highest BCUT2D eigenvalue weighted by atomic mass is 31.2. The van der Waals surface area contributed by atoms with Crippen LogP contribution in [0.3, 0.4) is 0 Å². The van der Waals surface area contributed by atoms with Gasteiger partial charge in [-0.3, -0.25) is 14.3 Å². The number of rotatable bonds is 10. The molecule has 1 fully saturated rings. The van der Waals surface area contributed by atoms with Crippen molar-refractivity contribution in [3.05, 3.63) is 33.5 Å². The van der Waals surface area contributed by atoms with E-state index in [2.05, 4.69) is 4.98 Å². The van der Waals surface area contributed by atoms with Gasteiger partial charge in [0.2, 0.25) is 0 Å². The quantitative estimate of drug-likeness (QED) is 0.297. The average Bonchev–Trinajstić information content (AvgIpc) is 2.98. The van der Waals surface area contributed by atoms with Crippen molar-refractivity contribution in [3.63, 3.8) is 0 Å². The number of H-pyrrole nitrogens is 1. The SMILES string of the molecule is CCCC(C)(C[C@H]1O[C@@H](c2cc(C)c(=O)[nH]c2F)[C@@H](OC)C1O)OP(=O)(O)C(C)(O)CC. The van der Waals surface area contributed by atoms with Gasteiger partial charge in [0.1, 0.15) is 18.3 Å². The number of aliphatic hydroxyl groups excluding tert-OH is 1. The highest BCUT2D eigenvalue weighted by Gasteiger charge is 2.51. The minimum Gasteiger partial charge on any atom is -0.388 e. The Hall–Kier alpha value is -1.13. The number of aryl methyl sites for hydroxylation is 1. The van der Waals surface area contributed by atoms with E-state index in [1.165, 1.54) is 27.0 Å². The van der Waals surface area contributed by atoms with Crippen LogP contribution >= 0.6 is 7.60 Å². The summed E-state index contributed by atoms with van der Waals surface area (Å²) in [6, 6.07) is 1.35. The molecule has 11 heteroatoms. The van der Waals surface area contributed by atoms with E-state index < -0.39 is 54.5 Å². The van der Waals surface area contributed by atoms with E-state index in [1.54, 1.807) is 13.8 Å². The third kappa shape index (κ3) is 5.50. The zero-order valence-electron chi connectivity index (χ0n) is 19.4. The standard InChI is InChI=1S/C21H35FNO8P/c1-7-9-20(4,31-32(27,28)21(5,26)8-2)11-14-15(24)17(29-6)16(30-14)13-10-12(3)19(25)23-18(13)22/h10,14-17,24,26H,7-9,11H2,1-6H3,(H,23,25)(H,27,28)/t14-,15?,16+,17+,20?,21?/m1/s1. The maximum Gasteiger partial charge on any atom is 0.359 e. The van der Waals surface area contributed by atoms with Gasteiger partial charge in [0.05, 0.1) is 11.7 Å². The van der Waals surface area contributed by atoms with Gasteiger partial charge in [-0.15, -0.1) is 0 Å². The van der Waals surface area contributed by atoms with Crippen molar-refractivity contribution in [1.82, 2.24) is 4.98 Å². The maximum absolute atomic E-state index is 14.5. The van der Waals surface area contributed by atoms with E-state index in [-0.39, 0.29) is 24.0 Å². The van der Waals surface area contributed by atoms with Crippen LogP contribution in [0.25, 0.3) is 0 Å². The van der Waals surface area contributed by atoms with Crippen molar-refractivity contribution in [2.75, 3.05) is 7.11 Å². The van der Waals surface area contributed by atoms with Crippen LogP contribution in [0.5, 0.6) is 0 Å². The molecular weight excluding hydrogens is 444 g/mol. The molecule has 2 rings (SSSR count). The molecule has 9 nitrogen and oxygen atoms in total. The molecule has 0 aliphatic carbocycles. The first-order valence-electron chi connectivity index (χ1n) is 10.7. The largest absolute Gasteiger partial charge is 0.388 e. The van der Waals surface area contributed by atoms with E-state index in [1.807, 2.05) is 6.92 Å². The van der Waals surface area contributed by atoms with Crippen molar-refractivity contribution in [2.24, 2.45) is 0 Å². The number of aliphatic hydroxyl groups is 2. The molecule has 1 saturated heterocycles. The van der Waals surface area contributed by atoms with Crippen molar-refractivity contribution >= 4 is 7.60 Å². The van der Waals surface area contributed by atoms with Crippen LogP contribution in [0.1, 0.15) is 70.6 Å². The normalized spacial score (nSPS) is 29.3. The van der Waals surface area contributed by atoms with Crippen molar-refractivity contribution < 1.29 is 38.1 Å². The monoisotopic (exact) mass is 479 g/mol. The number of methoxy groups -OCH3 is 1. The molecule has 1 aromatic rings. The number of nitrogens with one attached hydrogen (secondary N) is 1. The smallest absolute Gasteiger partial charge is 0.359 e. The van der Waals surface area contributed by atoms with Crippen LogP contribution in [-0.2, 0) is 18.6 Å². The number of hydrogen-bond donors (Lipinski definition) is 4. The summed E-state index contributed by atoms with van der Waals surface area (Å²) < 4.78 is 44.2. The molecule has 0 bridgehead atoms. The van der Waals surface area contributed by atoms with Crippen LogP contribution in [-0.4, -0.2) is 56.5 Å². The number of pyridine rings is 1. The molecule has 4 N–H and O–H groups in total. The van der Waals surface area contributed by atoms with Gasteiger partial charge in [-0.25, -0.2) is 0 Å². The fraction of sp³-hybridized carbons (Fsp3) is 0.762. The van der Waals surface area contributed by atoms with Gasteiger partial charge in [-0.05, 0) is 39.7 Å². The molecule has 0 saturated carbocycles.